The van der Waals surface area contributed by atoms with Gasteiger partial charge in [0, 0.05) is 31.8 Å². The quantitative estimate of drug-likeness (QED) is 0.871. The van der Waals surface area contributed by atoms with E-state index in [-0.39, 0.29) is 17.9 Å². The number of sulfonamides is 1. The number of nitrogens with zero attached hydrogens (tertiary/aromatic N) is 1. The summed E-state index contributed by atoms with van der Waals surface area (Å²) >= 11 is 0. The van der Waals surface area contributed by atoms with Crippen molar-refractivity contribution in [2.75, 3.05) is 39.1 Å². The first-order valence-corrected chi connectivity index (χ1v) is 9.67. The molecule has 2 aliphatic rings. The monoisotopic (exact) mass is 340 g/mol. The molecule has 7 heteroatoms. The Kier molecular flexibility index (Phi) is 5.21. The predicted octanol–water partition coefficient (Wildman–Crippen LogP) is 1.15. The summed E-state index contributed by atoms with van der Waals surface area (Å²) in [5, 5.41) is 3.29. The van der Waals surface area contributed by atoms with Gasteiger partial charge in [-0.05, 0) is 18.9 Å². The fourth-order valence-corrected chi connectivity index (χ4v) is 5.20. The molecule has 0 bridgehead atoms. The molecule has 23 heavy (non-hydrogen) atoms. The molecule has 0 spiro atoms. The van der Waals surface area contributed by atoms with Crippen molar-refractivity contribution in [3.05, 3.63) is 29.8 Å². The third-order valence-corrected chi connectivity index (χ3v) is 6.41. The number of benzene rings is 1. The number of hydrogen-bond donors (Lipinski definition) is 1. The lowest BCUT2D eigenvalue weighted by Crippen LogP contribution is -2.50. The summed E-state index contributed by atoms with van der Waals surface area (Å²) in [5.41, 5.74) is 0.901. The molecule has 2 aliphatic heterocycles. The van der Waals surface area contributed by atoms with Crippen LogP contribution in [-0.2, 0) is 14.8 Å². The Labute approximate surface area is 137 Å². The van der Waals surface area contributed by atoms with Gasteiger partial charge in [-0.3, -0.25) is 0 Å². The highest BCUT2D eigenvalue weighted by Crippen LogP contribution is 2.32. The molecular weight excluding hydrogens is 316 g/mol. The molecule has 0 aromatic heterocycles. The van der Waals surface area contributed by atoms with Crippen molar-refractivity contribution in [2.45, 2.75) is 25.0 Å². The number of methoxy groups -OCH3 is 1. The van der Waals surface area contributed by atoms with Gasteiger partial charge in [0.1, 0.15) is 5.75 Å². The molecule has 0 radical (unpaired) electrons. The zero-order valence-corrected chi connectivity index (χ0v) is 14.2. The maximum Gasteiger partial charge on any atom is 0.217 e. The molecule has 3 rings (SSSR count). The average molecular weight is 340 g/mol. The van der Waals surface area contributed by atoms with Gasteiger partial charge in [0.25, 0.3) is 0 Å². The van der Waals surface area contributed by atoms with Crippen LogP contribution < -0.4 is 10.1 Å². The maximum atomic E-state index is 12.9. The van der Waals surface area contributed by atoms with Crippen LogP contribution in [0.2, 0.25) is 0 Å². The molecule has 0 aliphatic carbocycles. The van der Waals surface area contributed by atoms with Crippen LogP contribution in [0.1, 0.15) is 24.4 Å². The van der Waals surface area contributed by atoms with Crippen LogP contribution in [0.3, 0.4) is 0 Å². The third-order valence-electron chi connectivity index (χ3n) is 4.47. The number of piperazine rings is 1. The molecule has 1 N–H and O–H groups in total. The Morgan fingerprint density at radius 1 is 1.39 bits per heavy atom. The summed E-state index contributed by atoms with van der Waals surface area (Å²) in [4.78, 5) is 0. The Morgan fingerprint density at radius 2 is 2.22 bits per heavy atom. The summed E-state index contributed by atoms with van der Waals surface area (Å²) in [6, 6.07) is 7.37. The Bertz CT molecular complexity index is 629. The lowest BCUT2D eigenvalue weighted by Gasteiger charge is -2.36. The van der Waals surface area contributed by atoms with Crippen LogP contribution in [0.5, 0.6) is 5.75 Å². The highest BCUT2D eigenvalue weighted by molar-refractivity contribution is 7.89. The van der Waals surface area contributed by atoms with Gasteiger partial charge in [0.15, 0.2) is 0 Å². The Balaban J connectivity index is 1.86. The van der Waals surface area contributed by atoms with E-state index in [4.69, 9.17) is 9.47 Å². The van der Waals surface area contributed by atoms with E-state index in [0.29, 0.717) is 26.2 Å². The molecule has 128 valence electrons. The van der Waals surface area contributed by atoms with Crippen molar-refractivity contribution in [1.29, 1.82) is 0 Å². The molecule has 2 fully saturated rings. The third kappa shape index (κ3) is 3.68. The second-order valence-electron chi connectivity index (χ2n) is 5.99. The maximum absolute atomic E-state index is 12.9. The SMILES string of the molecule is COc1ccccc1C1CNCCN1S(=O)(=O)CC1CCCO1. The number of rotatable bonds is 5. The fourth-order valence-electron chi connectivity index (χ4n) is 3.33. The summed E-state index contributed by atoms with van der Waals surface area (Å²) in [6.45, 7) is 2.39. The predicted molar refractivity (Wildman–Crippen MR) is 88.1 cm³/mol. The van der Waals surface area contributed by atoms with Gasteiger partial charge in [-0.25, -0.2) is 8.42 Å². The topological polar surface area (TPSA) is 67.9 Å². The second-order valence-corrected chi connectivity index (χ2v) is 7.95. The standard InChI is InChI=1S/C16H24N2O4S/c1-21-16-7-3-2-6-14(16)15-11-17-8-9-18(15)23(19,20)12-13-5-4-10-22-13/h2-3,6-7,13,15,17H,4-5,8-12H2,1H3. The first-order chi connectivity index (χ1) is 11.1. The minimum Gasteiger partial charge on any atom is -0.496 e. The van der Waals surface area contributed by atoms with Gasteiger partial charge >= 0.3 is 0 Å². The molecule has 2 saturated heterocycles. The summed E-state index contributed by atoms with van der Waals surface area (Å²) in [7, 11) is -1.76. The van der Waals surface area contributed by atoms with Gasteiger partial charge in [0.2, 0.25) is 10.0 Å². The van der Waals surface area contributed by atoms with E-state index in [2.05, 4.69) is 5.32 Å². The van der Waals surface area contributed by atoms with E-state index in [1.54, 1.807) is 11.4 Å². The zero-order valence-electron chi connectivity index (χ0n) is 13.4. The van der Waals surface area contributed by atoms with Crippen molar-refractivity contribution in [3.63, 3.8) is 0 Å². The second kappa shape index (κ2) is 7.17. The van der Waals surface area contributed by atoms with Gasteiger partial charge < -0.3 is 14.8 Å². The van der Waals surface area contributed by atoms with Crippen molar-refractivity contribution in [2.24, 2.45) is 0 Å². The number of para-hydroxylation sites is 1. The van der Waals surface area contributed by atoms with E-state index in [1.807, 2.05) is 24.3 Å². The molecule has 0 saturated carbocycles. The Hall–Kier alpha value is -1.15. The van der Waals surface area contributed by atoms with E-state index in [9.17, 15) is 8.42 Å². The minimum atomic E-state index is -3.38. The smallest absolute Gasteiger partial charge is 0.217 e. The summed E-state index contributed by atoms with van der Waals surface area (Å²) in [6.07, 6.45) is 1.59. The first kappa shape index (κ1) is 16.7. The number of ether oxygens (including phenoxy) is 2. The molecule has 2 atom stereocenters. The van der Waals surface area contributed by atoms with Crippen LogP contribution in [-0.4, -0.2) is 57.9 Å². The van der Waals surface area contributed by atoms with Gasteiger partial charge in [0.05, 0.1) is 25.0 Å². The highest BCUT2D eigenvalue weighted by Gasteiger charge is 2.36. The van der Waals surface area contributed by atoms with Gasteiger partial charge in [-0.15, -0.1) is 0 Å². The van der Waals surface area contributed by atoms with Crippen molar-refractivity contribution >= 4 is 10.0 Å². The van der Waals surface area contributed by atoms with E-state index >= 15 is 0 Å². The normalized spacial score (nSPS) is 26.3. The van der Waals surface area contributed by atoms with E-state index in [0.717, 1.165) is 24.2 Å². The molecule has 2 unspecified atom stereocenters. The lowest BCUT2D eigenvalue weighted by molar-refractivity contribution is 0.125. The zero-order chi connectivity index (χ0) is 16.3. The molecular formula is C16H24N2O4S. The first-order valence-electron chi connectivity index (χ1n) is 8.06. The molecule has 1 aromatic carbocycles. The fraction of sp³-hybridized carbons (Fsp3) is 0.625. The highest BCUT2D eigenvalue weighted by atomic mass is 32.2. The number of nitrogens with one attached hydrogen (secondary N) is 1. The van der Waals surface area contributed by atoms with Crippen molar-refractivity contribution in [1.82, 2.24) is 9.62 Å². The molecule has 1 aromatic rings. The van der Waals surface area contributed by atoms with E-state index < -0.39 is 10.0 Å². The van der Waals surface area contributed by atoms with Crippen molar-refractivity contribution in [3.8, 4) is 5.75 Å². The average Bonchev–Trinajstić information content (AvgIpc) is 3.07. The van der Waals surface area contributed by atoms with Gasteiger partial charge in [-0.2, -0.15) is 4.31 Å². The Morgan fingerprint density at radius 3 is 2.96 bits per heavy atom. The van der Waals surface area contributed by atoms with Crippen LogP contribution in [0, 0.1) is 0 Å². The molecule has 2 heterocycles. The van der Waals surface area contributed by atoms with Gasteiger partial charge in [-0.1, -0.05) is 18.2 Å². The van der Waals surface area contributed by atoms with Crippen LogP contribution in [0.25, 0.3) is 0 Å². The summed E-state index contributed by atoms with van der Waals surface area (Å²) in [5.74, 6) is 0.789. The van der Waals surface area contributed by atoms with Crippen LogP contribution >= 0.6 is 0 Å². The van der Waals surface area contributed by atoms with E-state index in [1.165, 1.54) is 0 Å². The molecule has 0 amide bonds. The summed E-state index contributed by atoms with van der Waals surface area (Å²) < 4.78 is 38.4. The largest absolute Gasteiger partial charge is 0.496 e. The van der Waals surface area contributed by atoms with Crippen molar-refractivity contribution < 1.29 is 17.9 Å². The number of hydrogen-bond acceptors (Lipinski definition) is 5. The van der Waals surface area contributed by atoms with Crippen LogP contribution in [0.15, 0.2) is 24.3 Å². The molecule has 6 nitrogen and oxygen atoms in total. The minimum absolute atomic E-state index is 0.0681. The lowest BCUT2D eigenvalue weighted by atomic mass is 10.0. The van der Waals surface area contributed by atoms with Crippen LogP contribution in [0.4, 0.5) is 0 Å².